The number of nitrogens with zero attached hydrogens (tertiary/aromatic N) is 2. The number of anilines is 1. The standard InChI is InChI=1S/C18H31N7O8/c19-6-3-7(20)16(15(30)12(6)27)33-17-11(22)14(29)13(28)8(32-17)4-23-10(26)5-25-2-1-9(21)24-18(25)31/h1-2,6-8,11-17,27-30H,3-5,19-20,22H2,(H,23,26)(H2,21,24,31)/t6-,7+,8-,11-,12+,13-,14-,15-,16-,17-/m1/s1. The molecule has 1 aromatic heterocycles. The van der Waals surface area contributed by atoms with Gasteiger partial charge in [0.05, 0.1) is 12.1 Å². The number of rotatable bonds is 6. The second kappa shape index (κ2) is 10.4. The first-order valence-electron chi connectivity index (χ1n) is 10.4. The average Bonchev–Trinajstić information content (AvgIpc) is 2.76. The molecule has 1 amide bonds. The Balaban J connectivity index is 1.61. The lowest BCUT2D eigenvalue weighted by Gasteiger charge is -2.45. The number of nitrogen functional groups attached to an aromatic ring is 1. The van der Waals surface area contributed by atoms with Crippen LogP contribution in [0, 0.1) is 0 Å². The molecule has 0 unspecified atom stereocenters. The summed E-state index contributed by atoms with van der Waals surface area (Å²) in [6, 6.07) is -1.34. The van der Waals surface area contributed by atoms with E-state index in [4.69, 9.17) is 32.4 Å². The van der Waals surface area contributed by atoms with Crippen LogP contribution in [0.15, 0.2) is 17.1 Å². The predicted octanol–water partition coefficient (Wildman–Crippen LogP) is -6.12. The van der Waals surface area contributed by atoms with Crippen molar-refractivity contribution in [3.63, 3.8) is 0 Å². The third kappa shape index (κ3) is 5.65. The molecule has 0 spiro atoms. The summed E-state index contributed by atoms with van der Waals surface area (Å²) in [5, 5.41) is 43.4. The topological polar surface area (TPSA) is 267 Å². The summed E-state index contributed by atoms with van der Waals surface area (Å²) in [6.07, 6.45) is -7.75. The molecule has 1 saturated heterocycles. The molecule has 186 valence electrons. The van der Waals surface area contributed by atoms with Gasteiger partial charge in [-0.2, -0.15) is 4.98 Å². The van der Waals surface area contributed by atoms with Crippen LogP contribution in [0.1, 0.15) is 6.42 Å². The number of hydrogen-bond acceptors (Lipinski definition) is 13. The number of hydrogen-bond donors (Lipinski definition) is 9. The Labute approximate surface area is 188 Å². The Kier molecular flexibility index (Phi) is 7.99. The van der Waals surface area contributed by atoms with E-state index in [9.17, 15) is 30.0 Å². The van der Waals surface area contributed by atoms with Crippen LogP contribution in [0.2, 0.25) is 0 Å². The molecular weight excluding hydrogens is 442 g/mol. The van der Waals surface area contributed by atoms with Crippen molar-refractivity contribution in [1.82, 2.24) is 14.9 Å². The van der Waals surface area contributed by atoms with Crippen LogP contribution in [0.3, 0.4) is 0 Å². The number of amides is 1. The van der Waals surface area contributed by atoms with Crippen LogP contribution in [-0.2, 0) is 20.8 Å². The van der Waals surface area contributed by atoms with Crippen molar-refractivity contribution in [3.05, 3.63) is 22.7 Å². The number of nitrogens with one attached hydrogen (secondary N) is 1. The molecule has 2 aliphatic rings. The van der Waals surface area contributed by atoms with Gasteiger partial charge in [0.15, 0.2) is 6.29 Å². The Morgan fingerprint density at radius 1 is 1.15 bits per heavy atom. The fourth-order valence-electron chi connectivity index (χ4n) is 3.86. The fourth-order valence-corrected chi connectivity index (χ4v) is 3.86. The molecule has 0 aromatic carbocycles. The van der Waals surface area contributed by atoms with E-state index in [0.29, 0.717) is 0 Å². The third-order valence-corrected chi connectivity index (χ3v) is 5.84. The molecule has 1 saturated carbocycles. The van der Waals surface area contributed by atoms with Crippen LogP contribution in [0.25, 0.3) is 0 Å². The highest BCUT2D eigenvalue weighted by Gasteiger charge is 2.48. The number of aromatic nitrogens is 2. The highest BCUT2D eigenvalue weighted by Crippen LogP contribution is 2.27. The van der Waals surface area contributed by atoms with Crippen molar-refractivity contribution in [3.8, 4) is 0 Å². The molecule has 2 heterocycles. The van der Waals surface area contributed by atoms with Crippen LogP contribution >= 0.6 is 0 Å². The molecular formula is C18H31N7O8. The van der Waals surface area contributed by atoms with Crippen LogP contribution < -0.4 is 33.9 Å². The van der Waals surface area contributed by atoms with Crippen molar-refractivity contribution in [2.24, 2.45) is 17.2 Å². The Morgan fingerprint density at radius 2 is 1.85 bits per heavy atom. The van der Waals surface area contributed by atoms with Gasteiger partial charge in [0.2, 0.25) is 5.91 Å². The minimum absolute atomic E-state index is 0.0176. The maximum absolute atomic E-state index is 12.2. The zero-order valence-electron chi connectivity index (χ0n) is 17.7. The molecule has 15 nitrogen and oxygen atoms in total. The molecule has 3 rings (SSSR count). The quantitative estimate of drug-likeness (QED) is 0.186. The number of carbonyl (C=O) groups is 1. The summed E-state index contributed by atoms with van der Waals surface area (Å²) in [5.41, 5.74) is 22.3. The number of nitrogens with two attached hydrogens (primary N) is 4. The number of aliphatic hydroxyl groups excluding tert-OH is 4. The number of carbonyl (C=O) groups excluding carboxylic acids is 1. The zero-order chi connectivity index (χ0) is 24.4. The largest absolute Gasteiger partial charge is 0.389 e. The first-order valence-corrected chi connectivity index (χ1v) is 10.4. The zero-order valence-corrected chi connectivity index (χ0v) is 17.7. The van der Waals surface area contributed by atoms with Crippen molar-refractivity contribution in [1.29, 1.82) is 0 Å². The molecule has 13 N–H and O–H groups in total. The summed E-state index contributed by atoms with van der Waals surface area (Å²) >= 11 is 0. The second-order valence-corrected chi connectivity index (χ2v) is 8.31. The highest BCUT2D eigenvalue weighted by atomic mass is 16.7. The molecule has 0 bridgehead atoms. The number of aliphatic hydroxyl groups is 4. The van der Waals surface area contributed by atoms with Gasteiger partial charge in [-0.3, -0.25) is 9.36 Å². The van der Waals surface area contributed by atoms with Crippen LogP contribution in [0.4, 0.5) is 5.82 Å². The molecule has 15 heteroatoms. The maximum atomic E-state index is 12.2. The summed E-state index contributed by atoms with van der Waals surface area (Å²) in [5.74, 6) is -0.577. The lowest BCUT2D eigenvalue weighted by Crippen LogP contribution is -2.67. The summed E-state index contributed by atoms with van der Waals surface area (Å²) in [6.45, 7) is -0.619. The van der Waals surface area contributed by atoms with E-state index < -0.39 is 72.6 Å². The molecule has 10 atom stereocenters. The van der Waals surface area contributed by atoms with Crippen molar-refractivity contribution in [2.45, 2.75) is 74.0 Å². The van der Waals surface area contributed by atoms with Gasteiger partial charge in [0, 0.05) is 24.8 Å². The van der Waals surface area contributed by atoms with Gasteiger partial charge in [-0.05, 0) is 12.5 Å². The van der Waals surface area contributed by atoms with E-state index in [0.717, 1.165) is 4.57 Å². The summed E-state index contributed by atoms with van der Waals surface area (Å²) in [4.78, 5) is 27.5. The van der Waals surface area contributed by atoms with Crippen molar-refractivity contribution in [2.75, 3.05) is 12.3 Å². The van der Waals surface area contributed by atoms with Gasteiger partial charge >= 0.3 is 5.69 Å². The van der Waals surface area contributed by atoms with E-state index in [2.05, 4.69) is 10.3 Å². The Bertz CT molecular complexity index is 888. The molecule has 1 aliphatic carbocycles. The van der Waals surface area contributed by atoms with Crippen LogP contribution in [-0.4, -0.2) is 103 Å². The van der Waals surface area contributed by atoms with Crippen molar-refractivity contribution >= 4 is 11.7 Å². The predicted molar refractivity (Wildman–Crippen MR) is 112 cm³/mol. The van der Waals surface area contributed by atoms with E-state index in [1.165, 1.54) is 12.3 Å². The molecule has 33 heavy (non-hydrogen) atoms. The second-order valence-electron chi connectivity index (χ2n) is 8.31. The Morgan fingerprint density at radius 3 is 2.52 bits per heavy atom. The molecule has 2 fully saturated rings. The van der Waals surface area contributed by atoms with Gasteiger partial charge in [-0.15, -0.1) is 0 Å². The van der Waals surface area contributed by atoms with E-state index in [1.807, 2.05) is 0 Å². The van der Waals surface area contributed by atoms with Gasteiger partial charge in [0.25, 0.3) is 0 Å². The van der Waals surface area contributed by atoms with Gasteiger partial charge in [-0.25, -0.2) is 4.79 Å². The normalized spacial score (nSPS) is 39.2. The van der Waals surface area contributed by atoms with E-state index >= 15 is 0 Å². The monoisotopic (exact) mass is 473 g/mol. The van der Waals surface area contributed by atoms with E-state index in [-0.39, 0.29) is 25.3 Å². The molecule has 0 radical (unpaired) electrons. The van der Waals surface area contributed by atoms with Crippen molar-refractivity contribution < 1.29 is 34.7 Å². The van der Waals surface area contributed by atoms with E-state index in [1.54, 1.807) is 0 Å². The number of ether oxygens (including phenoxy) is 2. The lowest BCUT2D eigenvalue weighted by molar-refractivity contribution is -0.288. The Hall–Kier alpha value is -2.21. The maximum Gasteiger partial charge on any atom is 0.349 e. The summed E-state index contributed by atoms with van der Waals surface area (Å²) in [7, 11) is 0. The SMILES string of the molecule is Nc1ccn(CC(=O)NC[C@H]2O[C@H](O[C@H]3[C@H](O)[C@@H](O)[C@H](N)C[C@@H]3N)[C@H](N)[C@@H](O)[C@@H]2O)c(=O)n1. The first-order chi connectivity index (χ1) is 15.5. The minimum Gasteiger partial charge on any atom is -0.389 e. The highest BCUT2D eigenvalue weighted by molar-refractivity contribution is 5.75. The average molecular weight is 473 g/mol. The smallest absolute Gasteiger partial charge is 0.349 e. The minimum atomic E-state index is -1.49. The third-order valence-electron chi connectivity index (χ3n) is 5.84. The lowest BCUT2D eigenvalue weighted by atomic mass is 9.84. The van der Waals surface area contributed by atoms with Gasteiger partial charge < -0.3 is 58.2 Å². The molecule has 1 aromatic rings. The van der Waals surface area contributed by atoms with Crippen LogP contribution in [0.5, 0.6) is 0 Å². The molecule has 1 aliphatic heterocycles. The summed E-state index contributed by atoms with van der Waals surface area (Å²) < 4.78 is 12.3. The van der Waals surface area contributed by atoms with Gasteiger partial charge in [-0.1, -0.05) is 0 Å². The van der Waals surface area contributed by atoms with Gasteiger partial charge in [0.1, 0.15) is 42.9 Å². The first kappa shape index (κ1) is 25.4. The fraction of sp³-hybridized carbons (Fsp3) is 0.722.